The number of hydrogen-bond acceptors (Lipinski definition) is 2. The van der Waals surface area contributed by atoms with E-state index in [1.54, 1.807) is 12.4 Å². The van der Waals surface area contributed by atoms with Gasteiger partial charge in [-0.3, -0.25) is 0 Å². The van der Waals surface area contributed by atoms with E-state index in [0.717, 1.165) is 36.5 Å². The van der Waals surface area contributed by atoms with Crippen LogP contribution < -0.4 is 0 Å². The Bertz CT molecular complexity index is 654. The number of hydrogen-bond donors (Lipinski definition) is 0. The van der Waals surface area contributed by atoms with Crippen LogP contribution in [0, 0.1) is 17.6 Å². The van der Waals surface area contributed by atoms with Gasteiger partial charge in [-0.1, -0.05) is 19.8 Å². The molecule has 1 fully saturated rings. The predicted octanol–water partition coefficient (Wildman–Crippen LogP) is 5.19. The Morgan fingerprint density at radius 1 is 1.00 bits per heavy atom. The van der Waals surface area contributed by atoms with E-state index in [1.807, 2.05) is 0 Å². The molecule has 0 amide bonds. The lowest BCUT2D eigenvalue weighted by molar-refractivity contribution is 0.347. The van der Waals surface area contributed by atoms with Gasteiger partial charge in [0.05, 0.1) is 5.56 Å². The third-order valence-electron chi connectivity index (χ3n) is 4.69. The molecule has 0 radical (unpaired) electrons. The number of aromatic nitrogens is 2. The lowest BCUT2D eigenvalue weighted by Crippen LogP contribution is -2.11. The molecule has 0 unspecified atom stereocenters. The minimum atomic E-state index is -1.17. The maximum atomic E-state index is 13.7. The molecular formula is C18H19F3N2. The lowest BCUT2D eigenvalue weighted by Gasteiger charge is -2.25. The standard InChI is InChI=1S/C18H19F3N2/c1-11-2-4-12(5-3-11)14-9-22-18(23-10-14)13-6-16(20)15(8-19)17(21)7-13/h6-7,9-12H,2-5,8H2,1H3. The van der Waals surface area contributed by atoms with Gasteiger partial charge in [0, 0.05) is 18.0 Å². The molecule has 0 N–H and O–H groups in total. The smallest absolute Gasteiger partial charge is 0.159 e. The van der Waals surface area contributed by atoms with E-state index in [2.05, 4.69) is 16.9 Å². The van der Waals surface area contributed by atoms with Gasteiger partial charge in [0.15, 0.2) is 5.82 Å². The number of alkyl halides is 1. The van der Waals surface area contributed by atoms with E-state index >= 15 is 0 Å². The Morgan fingerprint density at radius 2 is 1.57 bits per heavy atom. The van der Waals surface area contributed by atoms with Crippen LogP contribution in [0.15, 0.2) is 24.5 Å². The molecule has 1 aromatic carbocycles. The van der Waals surface area contributed by atoms with Crippen LogP contribution in [0.5, 0.6) is 0 Å². The van der Waals surface area contributed by atoms with Crippen LogP contribution in [0.1, 0.15) is 49.7 Å². The Kier molecular flexibility index (Phi) is 4.64. The van der Waals surface area contributed by atoms with Crippen molar-refractivity contribution in [3.05, 3.63) is 47.3 Å². The minimum Gasteiger partial charge on any atom is -0.246 e. The van der Waals surface area contributed by atoms with Crippen LogP contribution in [0.2, 0.25) is 0 Å². The van der Waals surface area contributed by atoms with Gasteiger partial charge in [-0.25, -0.2) is 23.1 Å². The highest BCUT2D eigenvalue weighted by Crippen LogP contribution is 2.35. The van der Waals surface area contributed by atoms with Crippen molar-refractivity contribution in [2.24, 2.45) is 5.92 Å². The highest BCUT2D eigenvalue weighted by molar-refractivity contribution is 5.56. The molecule has 2 aromatic rings. The SMILES string of the molecule is CC1CCC(c2cnc(-c3cc(F)c(CF)c(F)c3)nc2)CC1. The summed E-state index contributed by atoms with van der Waals surface area (Å²) in [6, 6.07) is 2.16. The quantitative estimate of drug-likeness (QED) is 0.778. The van der Waals surface area contributed by atoms with Gasteiger partial charge in [0.2, 0.25) is 0 Å². The van der Waals surface area contributed by atoms with E-state index < -0.39 is 23.9 Å². The van der Waals surface area contributed by atoms with Crippen molar-refractivity contribution >= 4 is 0 Å². The molecule has 2 nitrogen and oxygen atoms in total. The first-order chi connectivity index (χ1) is 11.1. The van der Waals surface area contributed by atoms with Crippen LogP contribution in [0.4, 0.5) is 13.2 Å². The highest BCUT2D eigenvalue weighted by atomic mass is 19.1. The van der Waals surface area contributed by atoms with Crippen LogP contribution >= 0.6 is 0 Å². The van der Waals surface area contributed by atoms with Crippen molar-refractivity contribution in [2.75, 3.05) is 0 Å². The van der Waals surface area contributed by atoms with Gasteiger partial charge in [-0.2, -0.15) is 0 Å². The normalized spacial score (nSPS) is 21.4. The average molecular weight is 320 g/mol. The predicted molar refractivity (Wildman–Crippen MR) is 82.6 cm³/mol. The second kappa shape index (κ2) is 6.69. The second-order valence-electron chi connectivity index (χ2n) is 6.35. The van der Waals surface area contributed by atoms with E-state index in [9.17, 15) is 13.2 Å². The summed E-state index contributed by atoms with van der Waals surface area (Å²) in [6.45, 7) is 1.10. The molecule has 1 aliphatic rings. The van der Waals surface area contributed by atoms with E-state index in [1.165, 1.54) is 12.8 Å². The Balaban J connectivity index is 1.82. The Labute approximate surface area is 133 Å². The average Bonchev–Trinajstić information content (AvgIpc) is 2.55. The van der Waals surface area contributed by atoms with Crippen LogP contribution in [0.3, 0.4) is 0 Å². The van der Waals surface area contributed by atoms with Crippen molar-refractivity contribution in [1.82, 2.24) is 9.97 Å². The summed E-state index contributed by atoms with van der Waals surface area (Å²) in [4.78, 5) is 8.49. The third kappa shape index (κ3) is 3.38. The molecule has 23 heavy (non-hydrogen) atoms. The topological polar surface area (TPSA) is 25.8 Å². The monoisotopic (exact) mass is 320 g/mol. The maximum Gasteiger partial charge on any atom is 0.159 e. The zero-order valence-electron chi connectivity index (χ0n) is 13.0. The number of benzene rings is 1. The second-order valence-corrected chi connectivity index (χ2v) is 6.35. The van der Waals surface area contributed by atoms with Crippen LogP contribution in [-0.2, 0) is 6.67 Å². The van der Waals surface area contributed by atoms with Gasteiger partial charge in [-0.05, 0) is 42.4 Å². The molecule has 0 bridgehead atoms. The molecule has 3 rings (SSSR count). The molecule has 0 saturated heterocycles. The zero-order valence-corrected chi connectivity index (χ0v) is 13.0. The fourth-order valence-electron chi connectivity index (χ4n) is 3.15. The largest absolute Gasteiger partial charge is 0.246 e. The summed E-state index contributed by atoms with van der Waals surface area (Å²) < 4.78 is 39.9. The van der Waals surface area contributed by atoms with Gasteiger partial charge in [-0.15, -0.1) is 0 Å². The van der Waals surface area contributed by atoms with Crippen LogP contribution in [-0.4, -0.2) is 9.97 Å². The molecule has 122 valence electrons. The summed E-state index contributed by atoms with van der Waals surface area (Å²) in [6.07, 6.45) is 8.13. The van der Waals surface area contributed by atoms with E-state index in [4.69, 9.17) is 0 Å². The summed E-state index contributed by atoms with van der Waals surface area (Å²) in [5.74, 6) is -0.330. The molecule has 1 heterocycles. The molecule has 1 aromatic heterocycles. The first kappa shape index (κ1) is 16.0. The molecule has 1 aliphatic carbocycles. The fourth-order valence-corrected chi connectivity index (χ4v) is 3.15. The minimum absolute atomic E-state index is 0.223. The molecule has 0 spiro atoms. The first-order valence-electron chi connectivity index (χ1n) is 7.94. The van der Waals surface area contributed by atoms with Crippen LogP contribution in [0.25, 0.3) is 11.4 Å². The van der Waals surface area contributed by atoms with Gasteiger partial charge >= 0.3 is 0 Å². The summed E-state index contributed by atoms with van der Waals surface area (Å²) >= 11 is 0. The van der Waals surface area contributed by atoms with Gasteiger partial charge < -0.3 is 0 Å². The molecular weight excluding hydrogens is 301 g/mol. The van der Waals surface area contributed by atoms with Gasteiger partial charge in [0.1, 0.15) is 18.3 Å². The molecule has 1 saturated carbocycles. The number of halogens is 3. The molecule has 5 heteroatoms. The zero-order chi connectivity index (χ0) is 16.4. The van der Waals surface area contributed by atoms with Crippen molar-refractivity contribution in [2.45, 2.75) is 45.2 Å². The fraction of sp³-hybridized carbons (Fsp3) is 0.444. The summed E-state index contributed by atoms with van der Waals surface area (Å²) in [7, 11) is 0. The Morgan fingerprint density at radius 3 is 2.09 bits per heavy atom. The van der Waals surface area contributed by atoms with Gasteiger partial charge in [0.25, 0.3) is 0 Å². The van der Waals surface area contributed by atoms with E-state index in [0.29, 0.717) is 5.92 Å². The molecule has 0 atom stereocenters. The van der Waals surface area contributed by atoms with Crippen molar-refractivity contribution in [3.63, 3.8) is 0 Å². The lowest BCUT2D eigenvalue weighted by atomic mass is 9.80. The summed E-state index contributed by atoms with van der Waals surface area (Å²) in [5.41, 5.74) is 0.740. The summed E-state index contributed by atoms with van der Waals surface area (Å²) in [5, 5.41) is 0. The first-order valence-corrected chi connectivity index (χ1v) is 7.94. The number of nitrogens with zero attached hydrogens (tertiary/aromatic N) is 2. The highest BCUT2D eigenvalue weighted by Gasteiger charge is 2.20. The van der Waals surface area contributed by atoms with Crippen molar-refractivity contribution in [1.29, 1.82) is 0 Å². The van der Waals surface area contributed by atoms with Crippen molar-refractivity contribution < 1.29 is 13.2 Å². The molecule has 0 aliphatic heterocycles. The van der Waals surface area contributed by atoms with E-state index in [-0.39, 0.29) is 11.4 Å². The third-order valence-corrected chi connectivity index (χ3v) is 4.69. The number of rotatable bonds is 3. The Hall–Kier alpha value is -1.91. The maximum absolute atomic E-state index is 13.7. The van der Waals surface area contributed by atoms with Crippen molar-refractivity contribution in [3.8, 4) is 11.4 Å².